The highest BCUT2D eigenvalue weighted by molar-refractivity contribution is 5.83. The van der Waals surface area contributed by atoms with E-state index in [1.54, 1.807) is 18.2 Å². The van der Waals surface area contributed by atoms with Gasteiger partial charge in [0.25, 0.3) is 0 Å². The Hall–Kier alpha value is -2.15. The van der Waals surface area contributed by atoms with Crippen LogP contribution in [0.1, 0.15) is 32.7 Å². The number of alkyl halides is 2. The average molecular weight is 323 g/mol. The molecule has 5 N–H and O–H groups in total. The second-order valence-corrected chi connectivity index (χ2v) is 5.54. The number of anilines is 2. The summed E-state index contributed by atoms with van der Waals surface area (Å²) in [5.41, 5.74) is 13.3. The molecule has 0 fully saturated rings. The maximum Gasteiger partial charge on any atom is 0.320 e. The van der Waals surface area contributed by atoms with Gasteiger partial charge in [0.15, 0.2) is 0 Å². The maximum atomic E-state index is 13.1. The van der Waals surface area contributed by atoms with E-state index >= 15 is 0 Å². The molecule has 0 aliphatic rings. The number of nitrogens with zero attached hydrogens (tertiary/aromatic N) is 2. The molecule has 5 nitrogen and oxygen atoms in total. The van der Waals surface area contributed by atoms with Crippen LogP contribution >= 0.6 is 0 Å². The van der Waals surface area contributed by atoms with E-state index in [2.05, 4.69) is 10.3 Å². The zero-order chi connectivity index (χ0) is 16.8. The van der Waals surface area contributed by atoms with Crippen LogP contribution in [-0.4, -0.2) is 22.1 Å². The summed E-state index contributed by atoms with van der Waals surface area (Å²) in [5.74, 6) is 0.198. The van der Waals surface area contributed by atoms with Gasteiger partial charge in [0.2, 0.25) is 0 Å². The first kappa shape index (κ1) is 17.2. The van der Waals surface area contributed by atoms with Crippen molar-refractivity contribution in [1.82, 2.24) is 9.55 Å². The third kappa shape index (κ3) is 4.19. The predicted molar refractivity (Wildman–Crippen MR) is 89.3 cm³/mol. The second kappa shape index (κ2) is 7.92. The number of nitrogens with two attached hydrogens (primary N) is 2. The Balaban J connectivity index is 2.28. The van der Waals surface area contributed by atoms with Crippen LogP contribution in [-0.2, 0) is 0 Å². The predicted octanol–water partition coefficient (Wildman–Crippen LogP) is 3.46. The quantitative estimate of drug-likeness (QED) is 0.513. The molecule has 23 heavy (non-hydrogen) atoms. The van der Waals surface area contributed by atoms with Gasteiger partial charge in [-0.15, -0.1) is 0 Å². The van der Waals surface area contributed by atoms with Gasteiger partial charge in [-0.3, -0.25) is 4.57 Å². The summed E-state index contributed by atoms with van der Waals surface area (Å²) in [6, 6.07) is 5.37. The molecule has 0 amide bonds. The van der Waals surface area contributed by atoms with E-state index in [4.69, 9.17) is 11.5 Å². The van der Waals surface area contributed by atoms with Crippen LogP contribution in [0.15, 0.2) is 30.6 Å². The monoisotopic (exact) mass is 323 g/mol. The number of aromatic nitrogens is 2. The normalized spacial score (nSPS) is 12.6. The van der Waals surface area contributed by atoms with Crippen LogP contribution in [0.2, 0.25) is 0 Å². The summed E-state index contributed by atoms with van der Waals surface area (Å²) in [6.07, 6.45) is 5.50. The SMILES string of the molecule is CC(CCCCN)Nc1c(N)cccc1-c1nccn1C(F)F. The number of halogens is 2. The summed E-state index contributed by atoms with van der Waals surface area (Å²) in [5, 5.41) is 3.33. The van der Waals surface area contributed by atoms with Gasteiger partial charge in [-0.1, -0.05) is 12.5 Å². The molecule has 1 unspecified atom stereocenters. The van der Waals surface area contributed by atoms with Gasteiger partial charge in [0.1, 0.15) is 5.82 Å². The van der Waals surface area contributed by atoms with Crippen LogP contribution in [0.4, 0.5) is 20.2 Å². The van der Waals surface area contributed by atoms with E-state index in [9.17, 15) is 8.78 Å². The molecular weight excluding hydrogens is 300 g/mol. The Morgan fingerprint density at radius 1 is 1.30 bits per heavy atom. The van der Waals surface area contributed by atoms with Crippen molar-refractivity contribution in [2.75, 3.05) is 17.6 Å². The molecule has 0 bridgehead atoms. The van der Waals surface area contributed by atoms with Crippen LogP contribution < -0.4 is 16.8 Å². The fourth-order valence-electron chi connectivity index (χ4n) is 2.51. The molecule has 0 aliphatic carbocycles. The van der Waals surface area contributed by atoms with Crippen molar-refractivity contribution in [2.45, 2.75) is 38.8 Å². The van der Waals surface area contributed by atoms with Crippen molar-refractivity contribution in [3.8, 4) is 11.4 Å². The molecule has 1 atom stereocenters. The average Bonchev–Trinajstić information content (AvgIpc) is 2.99. The van der Waals surface area contributed by atoms with E-state index in [0.29, 0.717) is 23.5 Å². The molecule has 2 rings (SSSR count). The van der Waals surface area contributed by atoms with E-state index in [1.807, 2.05) is 6.92 Å². The fraction of sp³-hybridized carbons (Fsp3) is 0.438. The van der Waals surface area contributed by atoms with Crippen LogP contribution in [0.25, 0.3) is 11.4 Å². The Kier molecular flexibility index (Phi) is 5.92. The Morgan fingerprint density at radius 3 is 2.78 bits per heavy atom. The first-order valence-electron chi connectivity index (χ1n) is 7.71. The smallest absolute Gasteiger partial charge is 0.320 e. The summed E-state index contributed by atoms with van der Waals surface area (Å²) in [6.45, 7) is 0.0487. The van der Waals surface area contributed by atoms with Crippen molar-refractivity contribution >= 4 is 11.4 Å². The minimum absolute atomic E-state index is 0.153. The molecular formula is C16H23F2N5. The van der Waals surface area contributed by atoms with Gasteiger partial charge < -0.3 is 16.8 Å². The lowest BCUT2D eigenvalue weighted by Crippen LogP contribution is -2.17. The lowest BCUT2D eigenvalue weighted by Gasteiger charge is -2.20. The Morgan fingerprint density at radius 2 is 2.09 bits per heavy atom. The highest BCUT2D eigenvalue weighted by atomic mass is 19.3. The zero-order valence-corrected chi connectivity index (χ0v) is 13.2. The van der Waals surface area contributed by atoms with Crippen LogP contribution in [0.5, 0.6) is 0 Å². The molecule has 0 saturated heterocycles. The Labute approximate surface area is 134 Å². The topological polar surface area (TPSA) is 81.9 Å². The molecule has 0 spiro atoms. The molecule has 0 radical (unpaired) electrons. The number of benzene rings is 1. The number of hydrogen-bond acceptors (Lipinski definition) is 4. The molecule has 2 aromatic rings. The highest BCUT2D eigenvalue weighted by Crippen LogP contribution is 2.34. The molecule has 126 valence electrons. The number of nitrogen functional groups attached to an aromatic ring is 1. The van der Waals surface area contributed by atoms with Crippen LogP contribution in [0.3, 0.4) is 0 Å². The maximum absolute atomic E-state index is 13.1. The standard InChI is InChI=1S/C16H23F2N5/c1-11(5-2-3-8-19)22-14-12(6-4-7-13(14)20)15-21-9-10-23(15)16(17)18/h4,6-7,9-11,16,22H,2-3,5,8,19-20H2,1H3. The second-order valence-electron chi connectivity index (χ2n) is 5.54. The third-order valence-electron chi connectivity index (χ3n) is 3.70. The van der Waals surface area contributed by atoms with Gasteiger partial charge in [-0.25, -0.2) is 4.98 Å². The molecule has 1 aromatic heterocycles. The van der Waals surface area contributed by atoms with E-state index in [1.165, 1.54) is 12.4 Å². The van der Waals surface area contributed by atoms with Gasteiger partial charge >= 0.3 is 6.55 Å². The summed E-state index contributed by atoms with van der Waals surface area (Å²) < 4.78 is 27.0. The first-order chi connectivity index (χ1) is 11.0. The lowest BCUT2D eigenvalue weighted by atomic mass is 10.1. The third-order valence-corrected chi connectivity index (χ3v) is 3.70. The molecule has 1 heterocycles. The van der Waals surface area contributed by atoms with Gasteiger partial charge in [-0.2, -0.15) is 8.78 Å². The van der Waals surface area contributed by atoms with Crippen molar-refractivity contribution in [2.24, 2.45) is 5.73 Å². The molecule has 1 aromatic carbocycles. The Bertz CT molecular complexity index is 627. The highest BCUT2D eigenvalue weighted by Gasteiger charge is 2.18. The van der Waals surface area contributed by atoms with E-state index in [0.717, 1.165) is 23.8 Å². The van der Waals surface area contributed by atoms with Gasteiger partial charge in [0.05, 0.1) is 11.4 Å². The van der Waals surface area contributed by atoms with Crippen molar-refractivity contribution in [1.29, 1.82) is 0 Å². The number of nitrogens with one attached hydrogen (secondary N) is 1. The fourth-order valence-corrected chi connectivity index (χ4v) is 2.51. The summed E-state index contributed by atoms with van der Waals surface area (Å²) >= 11 is 0. The largest absolute Gasteiger partial charge is 0.397 e. The van der Waals surface area contributed by atoms with Crippen LogP contribution in [0, 0.1) is 0 Å². The first-order valence-corrected chi connectivity index (χ1v) is 7.71. The summed E-state index contributed by atoms with van der Waals surface area (Å²) in [4.78, 5) is 4.06. The number of hydrogen-bond donors (Lipinski definition) is 3. The molecule has 7 heteroatoms. The summed E-state index contributed by atoms with van der Waals surface area (Å²) in [7, 11) is 0. The molecule has 0 aliphatic heterocycles. The zero-order valence-electron chi connectivity index (χ0n) is 13.2. The number of imidazole rings is 1. The lowest BCUT2D eigenvalue weighted by molar-refractivity contribution is 0.0720. The van der Waals surface area contributed by atoms with Crippen molar-refractivity contribution in [3.63, 3.8) is 0 Å². The van der Waals surface area contributed by atoms with E-state index < -0.39 is 6.55 Å². The van der Waals surface area contributed by atoms with Crippen molar-refractivity contribution < 1.29 is 8.78 Å². The number of rotatable bonds is 8. The van der Waals surface area contributed by atoms with Gasteiger partial charge in [-0.05, 0) is 38.4 Å². The minimum atomic E-state index is -2.65. The molecule has 0 saturated carbocycles. The number of para-hydroxylation sites is 1. The van der Waals surface area contributed by atoms with Crippen molar-refractivity contribution in [3.05, 3.63) is 30.6 Å². The van der Waals surface area contributed by atoms with E-state index in [-0.39, 0.29) is 11.9 Å². The number of unbranched alkanes of at least 4 members (excludes halogenated alkanes) is 1. The van der Waals surface area contributed by atoms with Gasteiger partial charge in [0, 0.05) is 24.0 Å². The minimum Gasteiger partial charge on any atom is -0.397 e.